The van der Waals surface area contributed by atoms with E-state index in [0.717, 1.165) is 43.4 Å². The highest BCUT2D eigenvalue weighted by molar-refractivity contribution is 5.40. The highest BCUT2D eigenvalue weighted by Crippen LogP contribution is 2.44. The normalized spacial score (nSPS) is 16.1. The van der Waals surface area contributed by atoms with Gasteiger partial charge in [0, 0.05) is 49.0 Å². The molecule has 1 aliphatic rings. The second-order valence-electron chi connectivity index (χ2n) is 12.0. The zero-order valence-corrected chi connectivity index (χ0v) is 25.3. The van der Waals surface area contributed by atoms with Gasteiger partial charge in [0.25, 0.3) is 11.2 Å². The fraction of sp³-hybridized carbons (Fsp3) is 0.545. The zero-order chi connectivity index (χ0) is 30.0. The van der Waals surface area contributed by atoms with Crippen molar-refractivity contribution in [3.8, 4) is 11.5 Å². The van der Waals surface area contributed by atoms with Crippen molar-refractivity contribution in [3.63, 3.8) is 0 Å². The summed E-state index contributed by atoms with van der Waals surface area (Å²) in [5, 5.41) is 20.3. The number of ether oxygens (including phenoxy) is 2. The van der Waals surface area contributed by atoms with Crippen LogP contribution in [-0.4, -0.2) is 34.4 Å². The number of nitro benzene ring substituents is 1. The van der Waals surface area contributed by atoms with Crippen LogP contribution in [0.2, 0.25) is 0 Å². The third-order valence-electron chi connectivity index (χ3n) is 7.92. The minimum Gasteiger partial charge on any atom is -0.493 e. The van der Waals surface area contributed by atoms with Crippen molar-refractivity contribution >= 4 is 5.69 Å². The Kier molecular flexibility index (Phi) is 11.8. The van der Waals surface area contributed by atoms with E-state index in [1.807, 2.05) is 4.57 Å². The predicted molar refractivity (Wildman–Crippen MR) is 163 cm³/mol. The minimum atomic E-state index is -0.439. The van der Waals surface area contributed by atoms with E-state index < -0.39 is 4.92 Å². The van der Waals surface area contributed by atoms with E-state index in [2.05, 4.69) is 46.8 Å². The third-order valence-corrected chi connectivity index (χ3v) is 7.92. The lowest BCUT2D eigenvalue weighted by atomic mass is 9.66. The summed E-state index contributed by atoms with van der Waals surface area (Å²) < 4.78 is 13.7. The van der Waals surface area contributed by atoms with Crippen molar-refractivity contribution in [2.45, 2.75) is 86.1 Å². The summed E-state index contributed by atoms with van der Waals surface area (Å²) in [7, 11) is 0. The number of hydrogen-bond donors (Lipinski definition) is 1. The quantitative estimate of drug-likeness (QED) is 0.110. The molecule has 1 unspecified atom stereocenters. The molecule has 0 saturated carbocycles. The lowest BCUT2D eigenvalue weighted by Gasteiger charge is -2.41. The van der Waals surface area contributed by atoms with E-state index in [0.29, 0.717) is 50.0 Å². The summed E-state index contributed by atoms with van der Waals surface area (Å²) in [6.07, 6.45) is 10.5. The van der Waals surface area contributed by atoms with Gasteiger partial charge < -0.3 is 19.1 Å². The van der Waals surface area contributed by atoms with Gasteiger partial charge in [-0.2, -0.15) is 0 Å². The molecule has 3 rings (SSSR count). The van der Waals surface area contributed by atoms with Gasteiger partial charge in [-0.05, 0) is 82.8 Å². The van der Waals surface area contributed by atoms with E-state index in [1.165, 1.54) is 23.3 Å². The van der Waals surface area contributed by atoms with Gasteiger partial charge in [-0.15, -0.1) is 0 Å². The van der Waals surface area contributed by atoms with Crippen LogP contribution in [0.4, 0.5) is 5.69 Å². The number of aliphatic hydroxyl groups is 1. The van der Waals surface area contributed by atoms with Gasteiger partial charge in [-0.25, -0.2) is 0 Å². The number of rotatable bonds is 15. The topological polar surface area (TPSA) is 104 Å². The molecule has 1 heterocycles. The van der Waals surface area contributed by atoms with Crippen LogP contribution < -0.4 is 15.0 Å². The smallest absolute Gasteiger partial charge is 0.269 e. The first-order valence-electron chi connectivity index (χ1n) is 14.7. The van der Waals surface area contributed by atoms with Gasteiger partial charge in [0.05, 0.1) is 18.1 Å². The number of non-ortho nitro benzene ring substituents is 1. The first-order chi connectivity index (χ1) is 19.5. The Morgan fingerprint density at radius 1 is 1.12 bits per heavy atom. The van der Waals surface area contributed by atoms with Crippen LogP contribution in [0.3, 0.4) is 0 Å². The fourth-order valence-electron chi connectivity index (χ4n) is 5.37. The Labute approximate surface area is 243 Å². The highest BCUT2D eigenvalue weighted by Gasteiger charge is 2.37. The summed E-state index contributed by atoms with van der Waals surface area (Å²) in [5.41, 5.74) is 4.80. The number of nitro groups is 1. The Balaban J connectivity index is 1.72. The van der Waals surface area contributed by atoms with Crippen molar-refractivity contribution in [1.29, 1.82) is 0 Å². The van der Waals surface area contributed by atoms with Gasteiger partial charge in [0.2, 0.25) is 0 Å². The monoisotopic (exact) mass is 566 g/mol. The van der Waals surface area contributed by atoms with Gasteiger partial charge in [-0.3, -0.25) is 14.9 Å². The largest absolute Gasteiger partial charge is 0.493 e. The molecule has 0 aliphatic heterocycles. The molecule has 8 nitrogen and oxygen atoms in total. The number of hydrogen-bond acceptors (Lipinski definition) is 6. The number of benzene rings is 1. The predicted octanol–water partition coefficient (Wildman–Crippen LogP) is 6.81. The minimum absolute atomic E-state index is 0.00825. The number of fused-ring (bicyclic) bond motifs is 1. The first-order valence-corrected chi connectivity index (χ1v) is 14.7. The number of aliphatic hydroxyl groups excluding tert-OH is 1. The van der Waals surface area contributed by atoms with Gasteiger partial charge >= 0.3 is 0 Å². The molecule has 0 saturated heterocycles. The number of pyridine rings is 1. The lowest BCUT2D eigenvalue weighted by molar-refractivity contribution is -0.384. The molecule has 0 amide bonds. The van der Waals surface area contributed by atoms with Crippen LogP contribution in [0.5, 0.6) is 11.5 Å². The second-order valence-corrected chi connectivity index (χ2v) is 12.0. The van der Waals surface area contributed by atoms with E-state index in [9.17, 15) is 20.0 Å². The molecule has 2 aromatic rings. The Bertz CT molecular complexity index is 1290. The molecule has 41 heavy (non-hydrogen) atoms. The fourth-order valence-corrected chi connectivity index (χ4v) is 5.37. The Hall–Kier alpha value is -3.39. The summed E-state index contributed by atoms with van der Waals surface area (Å²) in [6, 6.07) is 7.61. The molecular weight excluding hydrogens is 520 g/mol. The van der Waals surface area contributed by atoms with Crippen molar-refractivity contribution in [3.05, 3.63) is 85.4 Å². The first kappa shape index (κ1) is 32.1. The third kappa shape index (κ3) is 9.32. The zero-order valence-electron chi connectivity index (χ0n) is 25.3. The average Bonchev–Trinajstić information content (AvgIpc) is 2.91. The Morgan fingerprint density at radius 2 is 1.83 bits per heavy atom. The molecule has 0 spiro atoms. The molecule has 1 aromatic carbocycles. The van der Waals surface area contributed by atoms with Gasteiger partial charge in [-0.1, -0.05) is 37.1 Å². The molecule has 1 aromatic heterocycles. The maximum absolute atomic E-state index is 13.1. The van der Waals surface area contributed by atoms with E-state index in [-0.39, 0.29) is 23.3 Å². The van der Waals surface area contributed by atoms with Gasteiger partial charge in [0.1, 0.15) is 11.5 Å². The molecule has 1 N–H and O–H groups in total. The SMILES string of the molecule is CC(C)=CCC/C(C)=C/CC1Cc2c(OCCCOc3ccc([N+](=O)[O-])cc3)cc(=O)n(CCCO)c2CC1(C)C. The van der Waals surface area contributed by atoms with Crippen LogP contribution in [0.15, 0.2) is 58.4 Å². The van der Waals surface area contributed by atoms with E-state index in [4.69, 9.17) is 9.47 Å². The van der Waals surface area contributed by atoms with Crippen molar-refractivity contribution in [2.75, 3.05) is 19.8 Å². The molecule has 0 fully saturated rings. The summed E-state index contributed by atoms with van der Waals surface area (Å²) in [4.78, 5) is 23.5. The van der Waals surface area contributed by atoms with Crippen LogP contribution in [0, 0.1) is 21.4 Å². The number of allylic oxidation sites excluding steroid dienone is 4. The maximum atomic E-state index is 13.1. The van der Waals surface area contributed by atoms with Crippen molar-refractivity contribution < 1.29 is 19.5 Å². The van der Waals surface area contributed by atoms with Gasteiger partial charge in [0.15, 0.2) is 0 Å². The molecule has 0 bridgehead atoms. The summed E-state index contributed by atoms with van der Waals surface area (Å²) >= 11 is 0. The molecular formula is C33H46N2O6. The summed E-state index contributed by atoms with van der Waals surface area (Å²) in [6.45, 7) is 12.4. The standard InChI is InChI=1S/C33H46N2O6/c1-24(2)9-6-10-25(3)11-12-26-21-29-30(23-33(26,4)5)34(17-7-18-36)32(37)22-31(29)41-20-8-19-40-28-15-13-27(14-16-28)35(38)39/h9,11,13-16,22,26,36H,6-8,10,12,17-21,23H2,1-5H3/b25-11+. The lowest BCUT2D eigenvalue weighted by Crippen LogP contribution is -2.38. The van der Waals surface area contributed by atoms with Crippen LogP contribution in [0.25, 0.3) is 0 Å². The Morgan fingerprint density at radius 3 is 2.49 bits per heavy atom. The van der Waals surface area contributed by atoms with E-state index >= 15 is 0 Å². The molecule has 0 radical (unpaired) electrons. The highest BCUT2D eigenvalue weighted by atomic mass is 16.6. The van der Waals surface area contributed by atoms with Crippen molar-refractivity contribution in [2.24, 2.45) is 11.3 Å². The molecule has 224 valence electrons. The molecule has 1 atom stereocenters. The van der Waals surface area contributed by atoms with Crippen molar-refractivity contribution in [1.82, 2.24) is 4.57 Å². The summed E-state index contributed by atoms with van der Waals surface area (Å²) in [5.74, 6) is 1.61. The van der Waals surface area contributed by atoms with Crippen LogP contribution >= 0.6 is 0 Å². The second kappa shape index (κ2) is 15.0. The molecule has 8 heteroatoms. The number of aromatic nitrogens is 1. The van der Waals surface area contributed by atoms with Crippen LogP contribution in [0.1, 0.15) is 78.0 Å². The maximum Gasteiger partial charge on any atom is 0.269 e. The average molecular weight is 567 g/mol. The van der Waals surface area contributed by atoms with E-state index in [1.54, 1.807) is 18.2 Å². The molecule has 1 aliphatic carbocycles. The number of nitrogens with zero attached hydrogens (tertiary/aromatic N) is 2. The van der Waals surface area contributed by atoms with Crippen LogP contribution in [-0.2, 0) is 19.4 Å².